The lowest BCUT2D eigenvalue weighted by Crippen LogP contribution is -2.31. The van der Waals surface area contributed by atoms with Gasteiger partial charge in [0.25, 0.3) is 11.5 Å². The average Bonchev–Trinajstić information content (AvgIpc) is 3.60. The van der Waals surface area contributed by atoms with Gasteiger partial charge in [0.2, 0.25) is 5.78 Å². The molecule has 200 valence electrons. The number of anilines is 2. The SMILES string of the molecule is CN(C)c1cc(-c2cc(N(C)Cc3ccc(Cl)s3)n(C(=O)C(C)(C)C)n2)cn(CC(=O)c2ccco2)c1=O. The van der Waals surface area contributed by atoms with Gasteiger partial charge in [-0.25, -0.2) is 0 Å². The van der Waals surface area contributed by atoms with Crippen LogP contribution in [0.4, 0.5) is 11.5 Å². The Kier molecular flexibility index (Phi) is 7.66. The van der Waals surface area contributed by atoms with Crippen LogP contribution in [0.3, 0.4) is 0 Å². The van der Waals surface area contributed by atoms with Crippen molar-refractivity contribution >= 4 is 46.1 Å². The molecule has 0 unspecified atom stereocenters. The van der Waals surface area contributed by atoms with Crippen molar-refractivity contribution in [2.75, 3.05) is 30.9 Å². The highest BCUT2D eigenvalue weighted by atomic mass is 35.5. The zero-order valence-electron chi connectivity index (χ0n) is 22.2. The normalized spacial score (nSPS) is 11.6. The molecule has 9 nitrogen and oxygen atoms in total. The Bertz CT molecular complexity index is 1530. The van der Waals surface area contributed by atoms with E-state index in [0.29, 0.717) is 33.6 Å². The van der Waals surface area contributed by atoms with E-state index < -0.39 is 5.41 Å². The lowest BCUT2D eigenvalue weighted by molar-refractivity contribution is 0.0751. The fraction of sp³-hybridized carbons (Fsp3) is 0.333. The molecule has 0 aromatic carbocycles. The number of furan rings is 1. The minimum atomic E-state index is -0.686. The minimum Gasteiger partial charge on any atom is -0.461 e. The van der Waals surface area contributed by atoms with E-state index in [1.165, 1.54) is 26.8 Å². The van der Waals surface area contributed by atoms with Gasteiger partial charge in [-0.15, -0.1) is 11.3 Å². The molecule has 4 heterocycles. The molecule has 4 aromatic heterocycles. The van der Waals surface area contributed by atoms with Gasteiger partial charge in [-0.05, 0) is 30.3 Å². The molecular formula is C27H30ClN5O4S. The van der Waals surface area contributed by atoms with Gasteiger partial charge in [0.15, 0.2) is 5.76 Å². The molecule has 0 spiro atoms. The number of ketones is 1. The van der Waals surface area contributed by atoms with E-state index in [9.17, 15) is 14.4 Å². The van der Waals surface area contributed by atoms with Crippen molar-refractivity contribution in [2.45, 2.75) is 33.9 Å². The Hall–Kier alpha value is -3.63. The summed E-state index contributed by atoms with van der Waals surface area (Å²) in [4.78, 5) is 44.0. The molecule has 11 heteroatoms. The largest absolute Gasteiger partial charge is 0.461 e. The maximum absolute atomic E-state index is 13.4. The highest BCUT2D eigenvalue weighted by molar-refractivity contribution is 7.16. The number of thiophene rings is 1. The third kappa shape index (κ3) is 5.76. The lowest BCUT2D eigenvalue weighted by Gasteiger charge is -2.22. The summed E-state index contributed by atoms with van der Waals surface area (Å²) >= 11 is 7.59. The fourth-order valence-electron chi connectivity index (χ4n) is 3.87. The van der Waals surface area contributed by atoms with E-state index in [4.69, 9.17) is 16.0 Å². The number of hydrogen-bond acceptors (Lipinski definition) is 8. The molecule has 0 bridgehead atoms. The highest BCUT2D eigenvalue weighted by Gasteiger charge is 2.28. The van der Waals surface area contributed by atoms with Crippen molar-refractivity contribution in [2.24, 2.45) is 5.41 Å². The van der Waals surface area contributed by atoms with E-state index in [-0.39, 0.29) is 29.6 Å². The lowest BCUT2D eigenvalue weighted by atomic mass is 9.96. The zero-order chi connectivity index (χ0) is 27.8. The summed E-state index contributed by atoms with van der Waals surface area (Å²) in [7, 11) is 5.40. The monoisotopic (exact) mass is 555 g/mol. The van der Waals surface area contributed by atoms with Crippen LogP contribution in [0.2, 0.25) is 4.34 Å². The number of hydrogen-bond donors (Lipinski definition) is 0. The zero-order valence-corrected chi connectivity index (χ0v) is 23.8. The third-order valence-corrected chi connectivity index (χ3v) is 7.11. The van der Waals surface area contributed by atoms with Crippen LogP contribution in [-0.2, 0) is 13.1 Å². The van der Waals surface area contributed by atoms with Crippen LogP contribution in [0.1, 0.15) is 41.0 Å². The maximum Gasteiger partial charge on any atom is 0.274 e. The van der Waals surface area contributed by atoms with Crippen molar-refractivity contribution in [3.05, 3.63) is 74.2 Å². The quantitative estimate of drug-likeness (QED) is 0.273. The molecule has 0 N–H and O–H groups in total. The highest BCUT2D eigenvalue weighted by Crippen LogP contribution is 2.30. The summed E-state index contributed by atoms with van der Waals surface area (Å²) < 4.78 is 8.65. The van der Waals surface area contributed by atoms with Crippen molar-refractivity contribution < 1.29 is 14.0 Å². The van der Waals surface area contributed by atoms with E-state index in [2.05, 4.69) is 5.10 Å². The van der Waals surface area contributed by atoms with Crippen LogP contribution in [0, 0.1) is 5.41 Å². The minimum absolute atomic E-state index is 0.173. The first-order valence-electron chi connectivity index (χ1n) is 11.9. The summed E-state index contributed by atoms with van der Waals surface area (Å²) in [5.74, 6) is 0.262. The molecule has 0 aliphatic heterocycles. The number of aromatic nitrogens is 3. The molecule has 4 rings (SSSR count). The molecule has 38 heavy (non-hydrogen) atoms. The maximum atomic E-state index is 13.4. The van der Waals surface area contributed by atoms with Gasteiger partial charge in [-0.2, -0.15) is 9.78 Å². The van der Waals surface area contributed by atoms with Crippen molar-refractivity contribution in [1.29, 1.82) is 0 Å². The summed E-state index contributed by atoms with van der Waals surface area (Å²) in [6.07, 6.45) is 3.01. The Labute approximate surface area is 229 Å². The third-order valence-electron chi connectivity index (χ3n) is 5.89. The van der Waals surface area contributed by atoms with Crippen molar-refractivity contribution in [3.63, 3.8) is 0 Å². The molecule has 0 fully saturated rings. The molecule has 0 saturated carbocycles. The van der Waals surface area contributed by atoms with Crippen LogP contribution in [-0.4, -0.2) is 47.2 Å². The molecule has 0 atom stereocenters. The van der Waals surface area contributed by atoms with Crippen LogP contribution in [0.15, 0.2) is 58.1 Å². The first-order chi connectivity index (χ1) is 17.8. The van der Waals surface area contributed by atoms with Gasteiger partial charge in [-0.3, -0.25) is 14.4 Å². The number of pyridine rings is 1. The predicted octanol–water partition coefficient (Wildman–Crippen LogP) is 5.29. The number of rotatable bonds is 8. The topological polar surface area (TPSA) is 93.6 Å². The molecule has 4 aromatic rings. The predicted molar refractivity (Wildman–Crippen MR) is 151 cm³/mol. The first kappa shape index (κ1) is 27.4. The Morgan fingerprint density at radius 1 is 1.13 bits per heavy atom. The van der Waals surface area contributed by atoms with Gasteiger partial charge in [0.1, 0.15) is 11.5 Å². The Morgan fingerprint density at radius 2 is 1.87 bits per heavy atom. The van der Waals surface area contributed by atoms with Gasteiger partial charge >= 0.3 is 0 Å². The second-order valence-electron chi connectivity index (χ2n) is 10.3. The Balaban J connectivity index is 1.80. The number of nitrogens with zero attached hydrogens (tertiary/aromatic N) is 5. The van der Waals surface area contributed by atoms with Crippen LogP contribution < -0.4 is 15.4 Å². The molecule has 0 amide bonds. The van der Waals surface area contributed by atoms with Crippen LogP contribution in [0.25, 0.3) is 11.3 Å². The van der Waals surface area contributed by atoms with E-state index >= 15 is 0 Å². The summed E-state index contributed by atoms with van der Waals surface area (Å²) in [5.41, 5.74) is 0.463. The van der Waals surface area contributed by atoms with Crippen LogP contribution >= 0.6 is 22.9 Å². The summed E-state index contributed by atoms with van der Waals surface area (Å²) in [6.45, 7) is 5.84. The molecule has 0 saturated heterocycles. The van der Waals surface area contributed by atoms with E-state index in [1.54, 1.807) is 43.4 Å². The number of Topliss-reactive ketones (excluding diaryl/α,β-unsaturated/α-hetero) is 1. The Morgan fingerprint density at radius 3 is 2.45 bits per heavy atom. The number of carbonyl (C=O) groups excluding carboxylic acids is 2. The first-order valence-corrected chi connectivity index (χ1v) is 13.1. The summed E-state index contributed by atoms with van der Waals surface area (Å²) in [6, 6.07) is 10.5. The van der Waals surface area contributed by atoms with Gasteiger partial charge in [-0.1, -0.05) is 32.4 Å². The molecule has 0 radical (unpaired) electrons. The van der Waals surface area contributed by atoms with E-state index in [0.717, 1.165) is 4.88 Å². The smallest absolute Gasteiger partial charge is 0.274 e. The van der Waals surface area contributed by atoms with Crippen LogP contribution in [0.5, 0.6) is 0 Å². The number of carbonyl (C=O) groups is 2. The standard InChI is InChI=1S/C27H30ClN5O4S/c1-27(2,3)26(36)33-24(31(6)15-18-9-10-23(28)38-18)13-19(29-33)17-12-20(30(4)5)25(35)32(14-17)16-21(34)22-8-7-11-37-22/h7-14H,15-16H2,1-6H3. The van der Waals surface area contributed by atoms with Crippen molar-refractivity contribution in [3.8, 4) is 11.3 Å². The summed E-state index contributed by atoms with van der Waals surface area (Å²) in [5, 5.41) is 4.68. The second-order valence-corrected chi connectivity index (χ2v) is 12.1. The molecular weight excluding hydrogens is 526 g/mol. The number of halogens is 1. The second kappa shape index (κ2) is 10.6. The fourth-order valence-corrected chi connectivity index (χ4v) is 5.01. The van der Waals surface area contributed by atoms with Gasteiger partial charge < -0.3 is 18.8 Å². The molecule has 0 aliphatic rings. The van der Waals surface area contributed by atoms with Gasteiger partial charge in [0, 0.05) is 49.3 Å². The van der Waals surface area contributed by atoms with E-state index in [1.807, 2.05) is 50.9 Å². The van der Waals surface area contributed by atoms with Crippen molar-refractivity contribution in [1.82, 2.24) is 14.3 Å². The average molecular weight is 556 g/mol. The molecule has 0 aliphatic carbocycles. The van der Waals surface area contributed by atoms with Gasteiger partial charge in [0.05, 0.1) is 29.4 Å².